The van der Waals surface area contributed by atoms with Gasteiger partial charge in [0.15, 0.2) is 17.7 Å². The molecule has 5 nitrogen and oxygen atoms in total. The lowest BCUT2D eigenvalue weighted by Gasteiger charge is -2.13. The van der Waals surface area contributed by atoms with E-state index in [9.17, 15) is 14.0 Å². The van der Waals surface area contributed by atoms with E-state index in [0.717, 1.165) is 18.9 Å². The van der Waals surface area contributed by atoms with Crippen molar-refractivity contribution in [3.05, 3.63) is 29.6 Å². The highest BCUT2D eigenvalue weighted by Crippen LogP contribution is 2.20. The fourth-order valence-electron chi connectivity index (χ4n) is 1.62. The number of amides is 1. The van der Waals surface area contributed by atoms with Crippen LogP contribution in [0.4, 0.5) is 4.39 Å². The van der Waals surface area contributed by atoms with Gasteiger partial charge in [-0.3, -0.25) is 4.79 Å². The predicted octanol–water partition coefficient (Wildman–Crippen LogP) is 1.66. The van der Waals surface area contributed by atoms with Crippen LogP contribution in [0.2, 0.25) is 0 Å². The van der Waals surface area contributed by atoms with Crippen molar-refractivity contribution in [2.45, 2.75) is 31.9 Å². The van der Waals surface area contributed by atoms with Crippen molar-refractivity contribution in [1.29, 1.82) is 0 Å². The lowest BCUT2D eigenvalue weighted by Crippen LogP contribution is -2.37. The third-order valence-corrected chi connectivity index (χ3v) is 2.96. The van der Waals surface area contributed by atoms with Gasteiger partial charge in [-0.05, 0) is 38.0 Å². The SMILES string of the molecule is COc1ccc(C(=O)O[C@@H](C)C(=O)NC2CC2)cc1F. The molecular formula is C14H16FNO4. The van der Waals surface area contributed by atoms with Crippen molar-refractivity contribution in [1.82, 2.24) is 5.32 Å². The van der Waals surface area contributed by atoms with E-state index in [1.54, 1.807) is 0 Å². The first-order chi connectivity index (χ1) is 9.51. The zero-order valence-electron chi connectivity index (χ0n) is 11.3. The summed E-state index contributed by atoms with van der Waals surface area (Å²) in [6, 6.07) is 3.94. The molecule has 1 N–H and O–H groups in total. The Morgan fingerprint density at radius 3 is 2.65 bits per heavy atom. The van der Waals surface area contributed by atoms with Crippen LogP contribution in [-0.2, 0) is 9.53 Å². The van der Waals surface area contributed by atoms with Gasteiger partial charge >= 0.3 is 5.97 Å². The Balaban J connectivity index is 1.96. The topological polar surface area (TPSA) is 64.6 Å². The van der Waals surface area contributed by atoms with E-state index in [4.69, 9.17) is 9.47 Å². The van der Waals surface area contributed by atoms with E-state index in [0.29, 0.717) is 0 Å². The number of methoxy groups -OCH3 is 1. The van der Waals surface area contributed by atoms with Crippen LogP contribution >= 0.6 is 0 Å². The molecule has 0 aromatic heterocycles. The van der Waals surface area contributed by atoms with Crippen molar-refractivity contribution in [2.75, 3.05) is 7.11 Å². The summed E-state index contributed by atoms with van der Waals surface area (Å²) in [5, 5.41) is 2.73. The van der Waals surface area contributed by atoms with Gasteiger partial charge < -0.3 is 14.8 Å². The highest BCUT2D eigenvalue weighted by Gasteiger charge is 2.27. The van der Waals surface area contributed by atoms with Gasteiger partial charge in [0.25, 0.3) is 5.91 Å². The molecule has 1 saturated carbocycles. The van der Waals surface area contributed by atoms with E-state index >= 15 is 0 Å². The first kappa shape index (κ1) is 14.3. The van der Waals surface area contributed by atoms with Crippen LogP contribution in [-0.4, -0.2) is 31.1 Å². The third kappa shape index (κ3) is 3.46. The largest absolute Gasteiger partial charge is 0.494 e. The number of carbonyl (C=O) groups is 2. The Hall–Kier alpha value is -2.11. The van der Waals surface area contributed by atoms with Crippen LogP contribution < -0.4 is 10.1 Å². The van der Waals surface area contributed by atoms with E-state index < -0.39 is 17.9 Å². The molecule has 108 valence electrons. The standard InChI is InChI=1S/C14H16FNO4/c1-8(13(17)16-10-4-5-10)20-14(18)9-3-6-12(19-2)11(15)7-9/h3,6-8,10H,4-5H2,1-2H3,(H,16,17)/t8-/m0/s1. The number of ether oxygens (including phenoxy) is 2. The first-order valence-electron chi connectivity index (χ1n) is 6.36. The molecule has 2 rings (SSSR count). The second-order valence-corrected chi connectivity index (χ2v) is 4.68. The summed E-state index contributed by atoms with van der Waals surface area (Å²) in [5.74, 6) is -1.70. The van der Waals surface area contributed by atoms with Crippen molar-refractivity contribution in [3.63, 3.8) is 0 Å². The Bertz CT molecular complexity index is 528. The summed E-state index contributed by atoms with van der Waals surface area (Å²) < 4.78 is 23.2. The average Bonchev–Trinajstić information content (AvgIpc) is 3.22. The molecule has 0 unspecified atom stereocenters. The first-order valence-corrected chi connectivity index (χ1v) is 6.36. The van der Waals surface area contributed by atoms with Gasteiger partial charge in [-0.15, -0.1) is 0 Å². The van der Waals surface area contributed by atoms with Crippen LogP contribution in [0.15, 0.2) is 18.2 Å². The number of benzene rings is 1. The second-order valence-electron chi connectivity index (χ2n) is 4.68. The van der Waals surface area contributed by atoms with Crippen molar-refractivity contribution in [2.24, 2.45) is 0 Å². The molecule has 1 aromatic carbocycles. The maximum absolute atomic E-state index is 13.5. The number of carbonyl (C=O) groups excluding carboxylic acids is 2. The molecule has 1 aliphatic carbocycles. The van der Waals surface area contributed by atoms with E-state index in [2.05, 4.69) is 5.32 Å². The summed E-state index contributed by atoms with van der Waals surface area (Å²) in [6.07, 6.45) is 1.000. The minimum absolute atomic E-state index is 0.0365. The quantitative estimate of drug-likeness (QED) is 0.834. The zero-order valence-corrected chi connectivity index (χ0v) is 11.3. The summed E-state index contributed by atoms with van der Waals surface area (Å²) >= 11 is 0. The highest BCUT2D eigenvalue weighted by molar-refractivity contribution is 5.92. The Morgan fingerprint density at radius 2 is 2.10 bits per heavy atom. The molecule has 1 aromatic rings. The number of hydrogen-bond acceptors (Lipinski definition) is 4. The van der Waals surface area contributed by atoms with Crippen molar-refractivity contribution >= 4 is 11.9 Å². The maximum Gasteiger partial charge on any atom is 0.339 e. The Morgan fingerprint density at radius 1 is 1.40 bits per heavy atom. The van der Waals surface area contributed by atoms with E-state index in [-0.39, 0.29) is 23.3 Å². The lowest BCUT2D eigenvalue weighted by atomic mass is 10.2. The molecule has 0 spiro atoms. The van der Waals surface area contributed by atoms with Gasteiger partial charge in [-0.1, -0.05) is 0 Å². The highest BCUT2D eigenvalue weighted by atomic mass is 19.1. The molecule has 0 aliphatic heterocycles. The van der Waals surface area contributed by atoms with E-state index in [1.807, 2.05) is 0 Å². The fourth-order valence-corrected chi connectivity index (χ4v) is 1.62. The van der Waals surface area contributed by atoms with Gasteiger partial charge in [-0.2, -0.15) is 0 Å². The van der Waals surface area contributed by atoms with Crippen LogP contribution in [0, 0.1) is 5.82 Å². The molecule has 0 radical (unpaired) electrons. The summed E-state index contributed by atoms with van der Waals surface area (Å²) in [4.78, 5) is 23.4. The normalized spacial score (nSPS) is 15.3. The smallest absolute Gasteiger partial charge is 0.339 e. The number of rotatable bonds is 5. The number of esters is 1. The van der Waals surface area contributed by atoms with Gasteiger partial charge in [0.05, 0.1) is 12.7 Å². The monoisotopic (exact) mass is 281 g/mol. The summed E-state index contributed by atoms with van der Waals surface area (Å²) in [7, 11) is 1.33. The minimum atomic E-state index is -0.909. The van der Waals surface area contributed by atoms with Gasteiger partial charge in [0, 0.05) is 6.04 Å². The van der Waals surface area contributed by atoms with E-state index in [1.165, 1.54) is 26.2 Å². The van der Waals surface area contributed by atoms with Gasteiger partial charge in [0.2, 0.25) is 0 Å². The Labute approximate surface area is 116 Å². The second kappa shape index (κ2) is 5.90. The van der Waals surface area contributed by atoms with Gasteiger partial charge in [-0.25, -0.2) is 9.18 Å². The summed E-state index contributed by atoms with van der Waals surface area (Å²) in [6.45, 7) is 1.48. The van der Waals surface area contributed by atoms with Crippen LogP contribution in [0.1, 0.15) is 30.1 Å². The van der Waals surface area contributed by atoms with Crippen molar-refractivity contribution < 1.29 is 23.5 Å². The number of halogens is 1. The molecule has 1 atom stereocenters. The van der Waals surface area contributed by atoms with Crippen LogP contribution in [0.3, 0.4) is 0 Å². The average molecular weight is 281 g/mol. The molecule has 0 saturated heterocycles. The lowest BCUT2D eigenvalue weighted by molar-refractivity contribution is -0.129. The minimum Gasteiger partial charge on any atom is -0.494 e. The van der Waals surface area contributed by atoms with Crippen molar-refractivity contribution in [3.8, 4) is 5.75 Å². The fraction of sp³-hybridized carbons (Fsp3) is 0.429. The molecule has 1 fully saturated rings. The number of hydrogen-bond donors (Lipinski definition) is 1. The molecule has 20 heavy (non-hydrogen) atoms. The Kier molecular flexibility index (Phi) is 4.22. The molecule has 0 heterocycles. The van der Waals surface area contributed by atoms with Crippen LogP contribution in [0.25, 0.3) is 0 Å². The molecule has 1 aliphatic rings. The maximum atomic E-state index is 13.5. The third-order valence-electron chi connectivity index (χ3n) is 2.96. The molecule has 6 heteroatoms. The molecule has 0 bridgehead atoms. The number of nitrogens with one attached hydrogen (secondary N) is 1. The summed E-state index contributed by atoms with van der Waals surface area (Å²) in [5.41, 5.74) is 0.0365. The van der Waals surface area contributed by atoms with Crippen LogP contribution in [0.5, 0.6) is 5.75 Å². The predicted molar refractivity (Wildman–Crippen MR) is 69.0 cm³/mol. The zero-order chi connectivity index (χ0) is 14.7. The molecule has 1 amide bonds. The molecular weight excluding hydrogens is 265 g/mol. The van der Waals surface area contributed by atoms with Gasteiger partial charge in [0.1, 0.15) is 0 Å².